The monoisotopic (exact) mass is 415 g/mol. The minimum atomic E-state index is -3.77. The molecule has 0 atom stereocenters. The highest BCUT2D eigenvalue weighted by Crippen LogP contribution is 2.20. The molecule has 29 heavy (non-hydrogen) atoms. The predicted octanol–water partition coefficient (Wildman–Crippen LogP) is 3.13. The molecule has 1 aliphatic rings. The van der Waals surface area contributed by atoms with Crippen LogP contribution in [0.15, 0.2) is 51.8 Å². The van der Waals surface area contributed by atoms with Gasteiger partial charge in [-0.05, 0) is 56.2 Å². The number of rotatable bonds is 6. The van der Waals surface area contributed by atoms with Crippen molar-refractivity contribution < 1.29 is 17.9 Å². The normalized spacial score (nSPS) is 15.6. The van der Waals surface area contributed by atoms with Crippen LogP contribution in [0.2, 0.25) is 0 Å². The van der Waals surface area contributed by atoms with Crippen molar-refractivity contribution in [3.63, 3.8) is 0 Å². The summed E-state index contributed by atoms with van der Waals surface area (Å²) in [5, 5.41) is 2.70. The van der Waals surface area contributed by atoms with Gasteiger partial charge in [0.1, 0.15) is 11.6 Å². The highest BCUT2D eigenvalue weighted by atomic mass is 32.2. The van der Waals surface area contributed by atoms with Crippen LogP contribution in [0, 0.1) is 13.8 Å². The number of nitrogens with zero attached hydrogens (tertiary/aromatic N) is 2. The Morgan fingerprint density at radius 3 is 2.52 bits per heavy atom. The number of likely N-dealkylation sites (tertiary alicyclic amines) is 1. The topological polar surface area (TPSA) is 88.1 Å². The van der Waals surface area contributed by atoms with E-state index in [-0.39, 0.29) is 17.4 Å². The summed E-state index contributed by atoms with van der Waals surface area (Å²) >= 11 is 0. The van der Waals surface area contributed by atoms with Gasteiger partial charge in [-0.1, -0.05) is 17.7 Å². The number of aryl methyl sites for hydroxylation is 2. The van der Waals surface area contributed by atoms with E-state index in [0.29, 0.717) is 23.7 Å². The van der Waals surface area contributed by atoms with Gasteiger partial charge in [-0.15, -0.1) is 4.40 Å². The highest BCUT2D eigenvalue weighted by Gasteiger charge is 2.20. The zero-order valence-corrected chi connectivity index (χ0v) is 17.6. The molecule has 1 saturated heterocycles. The first-order valence-corrected chi connectivity index (χ1v) is 10.8. The maximum Gasteiger partial charge on any atom is 0.283 e. The number of anilines is 1. The summed E-state index contributed by atoms with van der Waals surface area (Å²) in [4.78, 5) is 14.1. The number of ether oxygens (including phenoxy) is 1. The molecule has 0 aliphatic carbocycles. The molecule has 8 heteroatoms. The van der Waals surface area contributed by atoms with Crippen molar-refractivity contribution >= 4 is 27.5 Å². The molecule has 1 heterocycles. The molecule has 0 aromatic heterocycles. The van der Waals surface area contributed by atoms with E-state index in [1.807, 2.05) is 44.0 Å². The maximum absolute atomic E-state index is 12.5. The van der Waals surface area contributed by atoms with E-state index in [0.717, 1.165) is 24.1 Å². The second kappa shape index (κ2) is 8.65. The number of carbonyl (C=O) groups excluding carboxylic acids is 1. The fraction of sp³-hybridized carbons (Fsp3) is 0.333. The zero-order valence-electron chi connectivity index (χ0n) is 16.8. The SMILES string of the molecule is Cc1ccc(OCC(=O)Nc2ccc(S(=O)(=O)/N=C3/CCCN3C)cc2)c(C)c1. The Labute approximate surface area is 171 Å². The van der Waals surface area contributed by atoms with Gasteiger partial charge in [0.2, 0.25) is 0 Å². The van der Waals surface area contributed by atoms with Gasteiger partial charge in [0, 0.05) is 25.7 Å². The first kappa shape index (κ1) is 20.9. The quantitative estimate of drug-likeness (QED) is 0.783. The van der Waals surface area contributed by atoms with Crippen molar-refractivity contribution in [2.24, 2.45) is 4.40 Å². The van der Waals surface area contributed by atoms with Crippen molar-refractivity contribution in [2.75, 3.05) is 25.5 Å². The molecule has 1 amide bonds. The van der Waals surface area contributed by atoms with Crippen molar-refractivity contribution in [1.29, 1.82) is 0 Å². The Morgan fingerprint density at radius 1 is 1.17 bits per heavy atom. The van der Waals surface area contributed by atoms with Crippen LogP contribution in [-0.2, 0) is 14.8 Å². The third kappa shape index (κ3) is 5.35. The lowest BCUT2D eigenvalue weighted by Crippen LogP contribution is -2.21. The lowest BCUT2D eigenvalue weighted by molar-refractivity contribution is -0.118. The van der Waals surface area contributed by atoms with Gasteiger partial charge in [-0.3, -0.25) is 4.79 Å². The van der Waals surface area contributed by atoms with Gasteiger partial charge >= 0.3 is 0 Å². The van der Waals surface area contributed by atoms with E-state index in [2.05, 4.69) is 9.71 Å². The minimum absolute atomic E-state index is 0.0924. The second-order valence-electron chi connectivity index (χ2n) is 7.14. The molecule has 7 nitrogen and oxygen atoms in total. The molecule has 2 aromatic carbocycles. The summed E-state index contributed by atoms with van der Waals surface area (Å²) < 4.78 is 34.4. The third-order valence-corrected chi connectivity index (χ3v) is 6.00. The highest BCUT2D eigenvalue weighted by molar-refractivity contribution is 7.90. The van der Waals surface area contributed by atoms with Crippen LogP contribution in [0.5, 0.6) is 5.75 Å². The molecule has 154 valence electrons. The fourth-order valence-corrected chi connectivity index (χ4v) is 4.21. The van der Waals surface area contributed by atoms with Crippen LogP contribution in [0.4, 0.5) is 5.69 Å². The van der Waals surface area contributed by atoms with Crippen LogP contribution in [-0.4, -0.2) is 45.3 Å². The number of sulfonamides is 1. The Hall–Kier alpha value is -2.87. The number of carbonyl (C=O) groups is 1. The minimum Gasteiger partial charge on any atom is -0.483 e. The molecule has 0 radical (unpaired) electrons. The molecule has 1 aliphatic heterocycles. The van der Waals surface area contributed by atoms with Crippen molar-refractivity contribution in [1.82, 2.24) is 4.90 Å². The van der Waals surface area contributed by atoms with E-state index >= 15 is 0 Å². The van der Waals surface area contributed by atoms with Gasteiger partial charge < -0.3 is 15.0 Å². The maximum atomic E-state index is 12.5. The molecule has 0 unspecified atom stereocenters. The van der Waals surface area contributed by atoms with Gasteiger partial charge in [0.15, 0.2) is 6.61 Å². The van der Waals surface area contributed by atoms with Gasteiger partial charge in [-0.2, -0.15) is 8.42 Å². The lowest BCUT2D eigenvalue weighted by Gasteiger charge is -2.11. The molecule has 0 saturated carbocycles. The molecule has 1 N–H and O–H groups in total. The van der Waals surface area contributed by atoms with E-state index in [1.165, 1.54) is 12.1 Å². The summed E-state index contributed by atoms with van der Waals surface area (Å²) in [7, 11) is -1.93. The predicted molar refractivity (Wildman–Crippen MR) is 113 cm³/mol. The average Bonchev–Trinajstić information content (AvgIpc) is 3.05. The summed E-state index contributed by atoms with van der Waals surface area (Å²) in [5.74, 6) is 0.905. The number of benzene rings is 2. The summed E-state index contributed by atoms with van der Waals surface area (Å²) in [6.45, 7) is 4.59. The van der Waals surface area contributed by atoms with Crippen molar-refractivity contribution in [3.8, 4) is 5.75 Å². The zero-order chi connectivity index (χ0) is 21.0. The Kier molecular flexibility index (Phi) is 6.22. The summed E-state index contributed by atoms with van der Waals surface area (Å²) in [5.41, 5.74) is 2.57. The Bertz CT molecular complexity index is 1030. The molecular weight excluding hydrogens is 390 g/mol. The van der Waals surface area contributed by atoms with E-state index in [1.54, 1.807) is 12.1 Å². The lowest BCUT2D eigenvalue weighted by atomic mass is 10.1. The average molecular weight is 416 g/mol. The van der Waals surface area contributed by atoms with Crippen LogP contribution < -0.4 is 10.1 Å². The Balaban J connectivity index is 1.60. The van der Waals surface area contributed by atoms with Gasteiger partial charge in [-0.25, -0.2) is 0 Å². The first-order chi connectivity index (χ1) is 13.7. The second-order valence-corrected chi connectivity index (χ2v) is 8.74. The number of hydrogen-bond acceptors (Lipinski definition) is 4. The fourth-order valence-electron chi connectivity index (χ4n) is 3.11. The summed E-state index contributed by atoms with van der Waals surface area (Å²) in [6.07, 6.45) is 1.56. The largest absolute Gasteiger partial charge is 0.483 e. The van der Waals surface area contributed by atoms with E-state index in [4.69, 9.17) is 4.74 Å². The van der Waals surface area contributed by atoms with Gasteiger partial charge in [0.25, 0.3) is 15.9 Å². The van der Waals surface area contributed by atoms with Crippen molar-refractivity contribution in [3.05, 3.63) is 53.6 Å². The molecule has 2 aromatic rings. The van der Waals surface area contributed by atoms with Gasteiger partial charge in [0.05, 0.1) is 4.90 Å². The molecule has 0 bridgehead atoms. The van der Waals surface area contributed by atoms with Crippen LogP contribution in [0.1, 0.15) is 24.0 Å². The number of amides is 1. The van der Waals surface area contributed by atoms with Crippen LogP contribution >= 0.6 is 0 Å². The number of nitrogens with one attached hydrogen (secondary N) is 1. The number of hydrogen-bond donors (Lipinski definition) is 1. The van der Waals surface area contributed by atoms with Crippen LogP contribution in [0.25, 0.3) is 0 Å². The smallest absolute Gasteiger partial charge is 0.283 e. The first-order valence-electron chi connectivity index (χ1n) is 9.39. The third-order valence-electron chi connectivity index (χ3n) is 4.69. The van der Waals surface area contributed by atoms with Crippen LogP contribution in [0.3, 0.4) is 0 Å². The summed E-state index contributed by atoms with van der Waals surface area (Å²) in [6, 6.07) is 11.7. The molecule has 3 rings (SSSR count). The van der Waals surface area contributed by atoms with E-state index < -0.39 is 10.0 Å². The Morgan fingerprint density at radius 2 is 1.90 bits per heavy atom. The van der Waals surface area contributed by atoms with E-state index in [9.17, 15) is 13.2 Å². The molecular formula is C21H25N3O4S. The number of amidine groups is 1. The molecule has 1 fully saturated rings. The van der Waals surface area contributed by atoms with Crippen molar-refractivity contribution in [2.45, 2.75) is 31.6 Å². The molecule has 0 spiro atoms. The standard InChI is InChI=1S/C21H25N3O4S/c1-15-6-11-19(16(2)13-15)28-14-21(25)22-17-7-9-18(10-8-17)29(26,27)23-20-5-4-12-24(20)3/h6-11,13H,4-5,12,14H2,1-3H3,(H,22,25)/b23-20-.